The summed E-state index contributed by atoms with van der Waals surface area (Å²) in [6.45, 7) is 7.74. The fraction of sp³-hybridized carbons (Fsp3) is 0.375. The number of hydrogen-bond acceptors (Lipinski definition) is 3. The summed E-state index contributed by atoms with van der Waals surface area (Å²) in [5.41, 5.74) is 2.72. The molecule has 0 unspecified atom stereocenters. The van der Waals surface area contributed by atoms with Gasteiger partial charge in [0.15, 0.2) is 0 Å². The Hall–Kier alpha value is -2.30. The molecule has 0 atom stereocenters. The van der Waals surface area contributed by atoms with E-state index in [1.165, 1.54) is 0 Å². The molecule has 2 aromatic rings. The van der Waals surface area contributed by atoms with Crippen molar-refractivity contribution in [1.82, 2.24) is 15.1 Å². The Kier molecular flexibility index (Phi) is 4.98. The molecular formula is C16H21N3O2. The van der Waals surface area contributed by atoms with Gasteiger partial charge < -0.3 is 10.1 Å². The van der Waals surface area contributed by atoms with E-state index in [1.807, 2.05) is 31.5 Å². The Morgan fingerprint density at radius 3 is 2.57 bits per heavy atom. The normalized spacial score (nSPS) is 10.4. The number of amides is 1. The molecule has 0 saturated carbocycles. The Labute approximate surface area is 124 Å². The first kappa shape index (κ1) is 15.1. The fourth-order valence-corrected chi connectivity index (χ4v) is 2.15. The molecule has 0 bridgehead atoms. The first-order valence-corrected chi connectivity index (χ1v) is 7.12. The SMILES string of the molecule is CCOc1ccc(C(=O)NCCn2nc(C)cc2C)cc1. The predicted octanol–water partition coefficient (Wildman–Crippen LogP) is 2.33. The van der Waals surface area contributed by atoms with Gasteiger partial charge in [-0.2, -0.15) is 5.10 Å². The molecular weight excluding hydrogens is 266 g/mol. The van der Waals surface area contributed by atoms with Crippen LogP contribution in [0.5, 0.6) is 5.75 Å². The van der Waals surface area contributed by atoms with Crippen LogP contribution in [0.4, 0.5) is 0 Å². The van der Waals surface area contributed by atoms with Crippen LogP contribution < -0.4 is 10.1 Å². The van der Waals surface area contributed by atoms with Crippen molar-refractivity contribution in [2.24, 2.45) is 0 Å². The predicted molar refractivity (Wildman–Crippen MR) is 81.6 cm³/mol. The first-order chi connectivity index (χ1) is 10.1. The van der Waals surface area contributed by atoms with Gasteiger partial charge in [0.1, 0.15) is 5.75 Å². The Balaban J connectivity index is 1.85. The fourth-order valence-electron chi connectivity index (χ4n) is 2.15. The molecule has 1 heterocycles. The third kappa shape index (κ3) is 4.08. The number of benzene rings is 1. The van der Waals surface area contributed by atoms with Gasteiger partial charge in [0.25, 0.3) is 5.91 Å². The number of aryl methyl sites for hydroxylation is 2. The summed E-state index contributed by atoms with van der Waals surface area (Å²) in [7, 11) is 0. The molecule has 5 heteroatoms. The van der Waals surface area contributed by atoms with Crippen LogP contribution in [-0.2, 0) is 6.54 Å². The van der Waals surface area contributed by atoms with E-state index in [-0.39, 0.29) is 5.91 Å². The van der Waals surface area contributed by atoms with E-state index in [9.17, 15) is 4.79 Å². The quantitative estimate of drug-likeness (QED) is 0.887. The van der Waals surface area contributed by atoms with E-state index < -0.39 is 0 Å². The molecule has 0 aliphatic rings. The summed E-state index contributed by atoms with van der Waals surface area (Å²) < 4.78 is 7.25. The van der Waals surface area contributed by atoms with Crippen molar-refractivity contribution in [1.29, 1.82) is 0 Å². The Bertz CT molecular complexity index is 602. The van der Waals surface area contributed by atoms with Gasteiger partial charge in [-0.05, 0) is 51.1 Å². The van der Waals surface area contributed by atoms with Crippen LogP contribution >= 0.6 is 0 Å². The topological polar surface area (TPSA) is 56.1 Å². The highest BCUT2D eigenvalue weighted by atomic mass is 16.5. The average Bonchev–Trinajstić information content (AvgIpc) is 2.78. The molecule has 1 aromatic carbocycles. The van der Waals surface area contributed by atoms with Gasteiger partial charge in [0.05, 0.1) is 18.8 Å². The molecule has 0 spiro atoms. The first-order valence-electron chi connectivity index (χ1n) is 7.12. The van der Waals surface area contributed by atoms with Crippen molar-refractivity contribution in [2.45, 2.75) is 27.3 Å². The van der Waals surface area contributed by atoms with Gasteiger partial charge in [0.2, 0.25) is 0 Å². The van der Waals surface area contributed by atoms with Crippen molar-refractivity contribution in [3.05, 3.63) is 47.3 Å². The lowest BCUT2D eigenvalue weighted by Gasteiger charge is -2.08. The summed E-state index contributed by atoms with van der Waals surface area (Å²) in [5.74, 6) is 0.691. The average molecular weight is 287 g/mol. The second-order valence-corrected chi connectivity index (χ2v) is 4.86. The van der Waals surface area contributed by atoms with Gasteiger partial charge >= 0.3 is 0 Å². The molecule has 0 fully saturated rings. The largest absolute Gasteiger partial charge is 0.494 e. The van der Waals surface area contributed by atoms with Crippen LogP contribution in [0.25, 0.3) is 0 Å². The third-order valence-electron chi connectivity index (χ3n) is 3.14. The standard InChI is InChI=1S/C16H21N3O2/c1-4-21-15-7-5-14(6-8-15)16(20)17-9-10-19-13(3)11-12(2)18-19/h5-8,11H,4,9-10H2,1-3H3,(H,17,20). The number of ether oxygens (including phenoxy) is 1. The number of aromatic nitrogens is 2. The molecule has 5 nitrogen and oxygen atoms in total. The highest BCUT2D eigenvalue weighted by Crippen LogP contribution is 2.11. The van der Waals surface area contributed by atoms with Crippen molar-refractivity contribution in [3.8, 4) is 5.75 Å². The van der Waals surface area contributed by atoms with E-state index in [1.54, 1.807) is 24.3 Å². The lowest BCUT2D eigenvalue weighted by Crippen LogP contribution is -2.27. The summed E-state index contributed by atoms with van der Waals surface area (Å²) in [6.07, 6.45) is 0. The van der Waals surface area contributed by atoms with Gasteiger partial charge in [-0.3, -0.25) is 9.48 Å². The maximum absolute atomic E-state index is 12.0. The third-order valence-corrected chi connectivity index (χ3v) is 3.14. The lowest BCUT2D eigenvalue weighted by molar-refractivity contribution is 0.0952. The smallest absolute Gasteiger partial charge is 0.251 e. The summed E-state index contributed by atoms with van der Waals surface area (Å²) >= 11 is 0. The number of hydrogen-bond donors (Lipinski definition) is 1. The maximum Gasteiger partial charge on any atom is 0.251 e. The zero-order valence-electron chi connectivity index (χ0n) is 12.7. The summed E-state index contributed by atoms with van der Waals surface area (Å²) in [6, 6.07) is 9.17. The molecule has 21 heavy (non-hydrogen) atoms. The van der Waals surface area contributed by atoms with Gasteiger partial charge in [-0.25, -0.2) is 0 Å². The van der Waals surface area contributed by atoms with Crippen LogP contribution in [0.3, 0.4) is 0 Å². The molecule has 0 radical (unpaired) electrons. The molecule has 2 rings (SSSR count). The molecule has 0 saturated heterocycles. The minimum atomic E-state index is -0.0837. The highest BCUT2D eigenvalue weighted by Gasteiger charge is 2.06. The van der Waals surface area contributed by atoms with Crippen molar-refractivity contribution >= 4 is 5.91 Å². The van der Waals surface area contributed by atoms with E-state index in [0.29, 0.717) is 25.3 Å². The zero-order chi connectivity index (χ0) is 15.2. The molecule has 0 aliphatic carbocycles. The Morgan fingerprint density at radius 2 is 2.00 bits per heavy atom. The molecule has 112 valence electrons. The van der Waals surface area contributed by atoms with E-state index in [2.05, 4.69) is 10.4 Å². The molecule has 1 aromatic heterocycles. The second-order valence-electron chi connectivity index (χ2n) is 4.86. The summed E-state index contributed by atoms with van der Waals surface area (Å²) in [4.78, 5) is 12.0. The Morgan fingerprint density at radius 1 is 1.29 bits per heavy atom. The van der Waals surface area contributed by atoms with E-state index in [4.69, 9.17) is 4.74 Å². The minimum absolute atomic E-state index is 0.0837. The number of nitrogens with one attached hydrogen (secondary N) is 1. The van der Waals surface area contributed by atoms with Gasteiger partial charge in [0, 0.05) is 17.8 Å². The van der Waals surface area contributed by atoms with E-state index >= 15 is 0 Å². The van der Waals surface area contributed by atoms with E-state index in [0.717, 1.165) is 17.1 Å². The van der Waals surface area contributed by atoms with Crippen LogP contribution in [0, 0.1) is 13.8 Å². The number of rotatable bonds is 6. The molecule has 1 N–H and O–H groups in total. The van der Waals surface area contributed by atoms with Crippen LogP contribution in [0.15, 0.2) is 30.3 Å². The van der Waals surface area contributed by atoms with Gasteiger partial charge in [-0.1, -0.05) is 0 Å². The maximum atomic E-state index is 12.0. The highest BCUT2D eigenvalue weighted by molar-refractivity contribution is 5.94. The van der Waals surface area contributed by atoms with Crippen LogP contribution in [0.1, 0.15) is 28.7 Å². The molecule has 0 aliphatic heterocycles. The monoisotopic (exact) mass is 287 g/mol. The van der Waals surface area contributed by atoms with Crippen molar-refractivity contribution < 1.29 is 9.53 Å². The molecule has 1 amide bonds. The zero-order valence-corrected chi connectivity index (χ0v) is 12.7. The number of nitrogens with zero attached hydrogens (tertiary/aromatic N) is 2. The number of carbonyl (C=O) groups excluding carboxylic acids is 1. The second kappa shape index (κ2) is 6.92. The van der Waals surface area contributed by atoms with Crippen LogP contribution in [-0.4, -0.2) is 28.8 Å². The number of carbonyl (C=O) groups is 1. The van der Waals surface area contributed by atoms with Gasteiger partial charge in [-0.15, -0.1) is 0 Å². The summed E-state index contributed by atoms with van der Waals surface area (Å²) in [5, 5.41) is 7.26. The van der Waals surface area contributed by atoms with Crippen molar-refractivity contribution in [2.75, 3.05) is 13.2 Å². The minimum Gasteiger partial charge on any atom is -0.494 e. The van der Waals surface area contributed by atoms with Crippen LogP contribution in [0.2, 0.25) is 0 Å². The van der Waals surface area contributed by atoms with Crippen molar-refractivity contribution in [3.63, 3.8) is 0 Å². The lowest BCUT2D eigenvalue weighted by atomic mass is 10.2.